The Morgan fingerprint density at radius 1 is 1.20 bits per heavy atom. The Kier molecular flexibility index (Phi) is 4.74. The third kappa shape index (κ3) is 3.58. The molecule has 1 heterocycles. The van der Waals surface area contributed by atoms with Crippen LogP contribution in [0.4, 0.5) is 0 Å². The molecule has 0 saturated heterocycles. The number of hydrogen-bond donors (Lipinski definition) is 1. The van der Waals surface area contributed by atoms with Gasteiger partial charge >= 0.3 is 0 Å². The van der Waals surface area contributed by atoms with Crippen LogP contribution < -0.4 is 10.5 Å². The van der Waals surface area contributed by atoms with E-state index in [9.17, 15) is 0 Å². The van der Waals surface area contributed by atoms with Crippen molar-refractivity contribution in [2.24, 2.45) is 5.73 Å². The highest BCUT2D eigenvalue weighted by Crippen LogP contribution is 2.31. The second-order valence-electron chi connectivity index (χ2n) is 5.37. The van der Waals surface area contributed by atoms with Gasteiger partial charge in [0.05, 0.1) is 6.20 Å². The fourth-order valence-corrected chi connectivity index (χ4v) is 2.16. The van der Waals surface area contributed by atoms with Crippen LogP contribution in [-0.4, -0.2) is 11.5 Å². The molecule has 0 aliphatic carbocycles. The maximum Gasteiger partial charge on any atom is 0.145 e. The van der Waals surface area contributed by atoms with Gasteiger partial charge in [-0.1, -0.05) is 26.0 Å². The van der Waals surface area contributed by atoms with Gasteiger partial charge in [0.15, 0.2) is 0 Å². The zero-order chi connectivity index (χ0) is 14.5. The minimum Gasteiger partial charge on any atom is -0.455 e. The molecule has 2 aromatic rings. The molecule has 0 aliphatic heterocycles. The van der Waals surface area contributed by atoms with Gasteiger partial charge in [0.1, 0.15) is 11.5 Å². The normalized spacial score (nSPS) is 10.8. The molecule has 0 radical (unpaired) electrons. The summed E-state index contributed by atoms with van der Waals surface area (Å²) in [5, 5.41) is 0. The van der Waals surface area contributed by atoms with Crippen molar-refractivity contribution < 1.29 is 4.74 Å². The van der Waals surface area contributed by atoms with E-state index in [2.05, 4.69) is 44.0 Å². The lowest BCUT2D eigenvalue weighted by molar-refractivity contribution is 0.469. The standard InChI is InChI=1S/C17H22N2O/c1-12(2)16-5-4-13(3)8-17(16)20-15-9-14(6-7-18)10-19-11-15/h4-5,8-12H,6-7,18H2,1-3H3. The lowest BCUT2D eigenvalue weighted by Crippen LogP contribution is -2.03. The van der Waals surface area contributed by atoms with Crippen LogP contribution >= 0.6 is 0 Å². The number of rotatable bonds is 5. The summed E-state index contributed by atoms with van der Waals surface area (Å²) in [6.45, 7) is 7.02. The van der Waals surface area contributed by atoms with Crippen LogP contribution in [0.5, 0.6) is 11.5 Å². The number of aromatic nitrogens is 1. The lowest BCUT2D eigenvalue weighted by Gasteiger charge is -2.14. The molecule has 0 bridgehead atoms. The lowest BCUT2D eigenvalue weighted by atomic mass is 10.0. The van der Waals surface area contributed by atoms with Gasteiger partial charge in [-0.25, -0.2) is 0 Å². The Bertz CT molecular complexity index is 579. The summed E-state index contributed by atoms with van der Waals surface area (Å²) in [6.07, 6.45) is 4.39. The summed E-state index contributed by atoms with van der Waals surface area (Å²) in [5.41, 5.74) is 9.08. The highest BCUT2D eigenvalue weighted by atomic mass is 16.5. The summed E-state index contributed by atoms with van der Waals surface area (Å²) in [7, 11) is 0. The fourth-order valence-electron chi connectivity index (χ4n) is 2.16. The molecule has 0 fully saturated rings. The third-order valence-electron chi connectivity index (χ3n) is 3.22. The minimum atomic E-state index is 0.422. The van der Waals surface area contributed by atoms with Gasteiger partial charge in [-0.2, -0.15) is 0 Å². The highest BCUT2D eigenvalue weighted by molar-refractivity contribution is 5.42. The first kappa shape index (κ1) is 14.5. The number of aryl methyl sites for hydroxylation is 1. The van der Waals surface area contributed by atoms with E-state index in [4.69, 9.17) is 10.5 Å². The molecule has 2 N–H and O–H groups in total. The van der Waals surface area contributed by atoms with E-state index in [1.807, 2.05) is 12.3 Å². The summed E-state index contributed by atoms with van der Waals surface area (Å²) < 4.78 is 6.04. The number of ether oxygens (including phenoxy) is 1. The van der Waals surface area contributed by atoms with Crippen LogP contribution in [-0.2, 0) is 6.42 Å². The molecule has 1 aromatic carbocycles. The van der Waals surface area contributed by atoms with Gasteiger partial charge in [-0.05, 0) is 54.6 Å². The molecule has 3 nitrogen and oxygen atoms in total. The van der Waals surface area contributed by atoms with Crippen molar-refractivity contribution in [2.45, 2.75) is 33.1 Å². The zero-order valence-corrected chi connectivity index (χ0v) is 12.4. The number of nitrogens with zero attached hydrogens (tertiary/aromatic N) is 1. The van der Waals surface area contributed by atoms with E-state index < -0.39 is 0 Å². The Balaban J connectivity index is 2.29. The van der Waals surface area contributed by atoms with Crippen LogP contribution in [0, 0.1) is 6.92 Å². The Hall–Kier alpha value is -1.87. The van der Waals surface area contributed by atoms with Crippen molar-refractivity contribution in [1.29, 1.82) is 0 Å². The SMILES string of the molecule is Cc1ccc(C(C)C)c(Oc2cncc(CCN)c2)c1. The second-order valence-corrected chi connectivity index (χ2v) is 5.37. The maximum atomic E-state index is 6.04. The van der Waals surface area contributed by atoms with E-state index >= 15 is 0 Å². The quantitative estimate of drug-likeness (QED) is 0.898. The third-order valence-corrected chi connectivity index (χ3v) is 3.22. The van der Waals surface area contributed by atoms with Gasteiger partial charge in [0.25, 0.3) is 0 Å². The molecule has 0 unspecified atom stereocenters. The van der Waals surface area contributed by atoms with E-state index in [0.717, 1.165) is 23.5 Å². The molecule has 0 saturated carbocycles. The second kappa shape index (κ2) is 6.53. The first-order chi connectivity index (χ1) is 9.60. The molecular formula is C17H22N2O. The van der Waals surface area contributed by atoms with E-state index in [0.29, 0.717) is 12.5 Å². The van der Waals surface area contributed by atoms with Crippen molar-refractivity contribution in [1.82, 2.24) is 4.98 Å². The van der Waals surface area contributed by atoms with Gasteiger partial charge < -0.3 is 10.5 Å². The number of hydrogen-bond acceptors (Lipinski definition) is 3. The van der Waals surface area contributed by atoms with E-state index in [-0.39, 0.29) is 0 Å². The molecule has 0 aliphatic rings. The van der Waals surface area contributed by atoms with Crippen molar-refractivity contribution in [3.8, 4) is 11.5 Å². The number of pyridine rings is 1. The van der Waals surface area contributed by atoms with Crippen molar-refractivity contribution in [2.75, 3.05) is 6.54 Å². The fraction of sp³-hybridized carbons (Fsp3) is 0.353. The summed E-state index contributed by atoms with van der Waals surface area (Å²) in [4.78, 5) is 4.22. The van der Waals surface area contributed by atoms with Gasteiger partial charge in [0.2, 0.25) is 0 Å². The van der Waals surface area contributed by atoms with Crippen LogP contribution in [0.1, 0.15) is 36.5 Å². The molecule has 20 heavy (non-hydrogen) atoms. The Morgan fingerprint density at radius 3 is 2.70 bits per heavy atom. The zero-order valence-electron chi connectivity index (χ0n) is 12.4. The molecule has 1 aromatic heterocycles. The molecule has 0 amide bonds. The van der Waals surface area contributed by atoms with Gasteiger partial charge in [-0.3, -0.25) is 4.98 Å². The van der Waals surface area contributed by atoms with Crippen molar-refractivity contribution in [3.63, 3.8) is 0 Å². The van der Waals surface area contributed by atoms with Crippen molar-refractivity contribution >= 4 is 0 Å². The van der Waals surface area contributed by atoms with Crippen molar-refractivity contribution in [3.05, 3.63) is 53.3 Å². The van der Waals surface area contributed by atoms with Crippen LogP contribution in [0.25, 0.3) is 0 Å². The Morgan fingerprint density at radius 2 is 2.00 bits per heavy atom. The predicted molar refractivity (Wildman–Crippen MR) is 82.3 cm³/mol. The number of benzene rings is 1. The van der Waals surface area contributed by atoms with Gasteiger partial charge in [-0.15, -0.1) is 0 Å². The predicted octanol–water partition coefficient (Wildman–Crippen LogP) is 3.81. The molecular weight excluding hydrogens is 248 g/mol. The molecule has 0 atom stereocenters. The summed E-state index contributed by atoms with van der Waals surface area (Å²) in [5.74, 6) is 2.10. The largest absolute Gasteiger partial charge is 0.455 e. The molecule has 0 spiro atoms. The smallest absolute Gasteiger partial charge is 0.145 e. The summed E-state index contributed by atoms with van der Waals surface area (Å²) in [6, 6.07) is 8.33. The van der Waals surface area contributed by atoms with Crippen LogP contribution in [0.2, 0.25) is 0 Å². The topological polar surface area (TPSA) is 48.1 Å². The van der Waals surface area contributed by atoms with E-state index in [1.54, 1.807) is 6.20 Å². The first-order valence-electron chi connectivity index (χ1n) is 7.02. The molecule has 106 valence electrons. The van der Waals surface area contributed by atoms with Crippen LogP contribution in [0.3, 0.4) is 0 Å². The maximum absolute atomic E-state index is 6.04. The van der Waals surface area contributed by atoms with E-state index in [1.165, 1.54) is 11.1 Å². The van der Waals surface area contributed by atoms with Gasteiger partial charge in [0, 0.05) is 6.20 Å². The molecule has 2 rings (SSSR count). The van der Waals surface area contributed by atoms with Crippen LogP contribution in [0.15, 0.2) is 36.7 Å². The number of nitrogens with two attached hydrogens (primary N) is 1. The minimum absolute atomic E-state index is 0.422. The Labute approximate surface area is 120 Å². The summed E-state index contributed by atoms with van der Waals surface area (Å²) >= 11 is 0. The first-order valence-corrected chi connectivity index (χ1v) is 7.02. The monoisotopic (exact) mass is 270 g/mol. The molecule has 3 heteroatoms. The average molecular weight is 270 g/mol. The highest BCUT2D eigenvalue weighted by Gasteiger charge is 2.09. The average Bonchev–Trinajstić information content (AvgIpc) is 2.39.